The Morgan fingerprint density at radius 2 is 1.45 bits per heavy atom. The smallest absolute Gasteiger partial charge is 0.269 e. The zero-order valence-corrected chi connectivity index (χ0v) is 37.0. The molecule has 0 unspecified atom stereocenters. The van der Waals surface area contributed by atoms with Crippen molar-refractivity contribution in [2.75, 3.05) is 37.6 Å². The first kappa shape index (κ1) is 45.3. The standard InChI is InChI=1S/C51H53N5O8S/c1-36-10-24-47(25-11-36)65(61,62)53-48(31-37-6-3-2-4-7-37)50(58)52-33-39-8-5-9-43(30-39)40-16-18-42(19-17-40)51-63-46(32-49(64-51)41-14-12-38(35-57)13-15-41)34-54-26-28-55(29-27-54)44-20-22-45(23-21-44)56(59)60/h2-25,30,46,48-49,51,53,57H,26-29,31-35H2,1H3,(H,52,58)/t46-,48+,49+,51+/m0/s1. The minimum atomic E-state index is -3.98. The highest BCUT2D eigenvalue weighted by Crippen LogP contribution is 2.39. The summed E-state index contributed by atoms with van der Waals surface area (Å²) in [5.74, 6) is -0.433. The third kappa shape index (κ3) is 11.7. The normalized spacial score (nSPS) is 18.5. The van der Waals surface area contributed by atoms with E-state index in [1.807, 2.05) is 122 Å². The Bertz CT molecular complexity index is 2640. The molecule has 1 amide bonds. The van der Waals surface area contributed by atoms with Crippen molar-refractivity contribution in [3.63, 3.8) is 0 Å². The Morgan fingerprint density at radius 3 is 2.12 bits per heavy atom. The Morgan fingerprint density at radius 1 is 0.769 bits per heavy atom. The van der Waals surface area contributed by atoms with Crippen LogP contribution in [0.3, 0.4) is 0 Å². The molecule has 65 heavy (non-hydrogen) atoms. The molecule has 0 aliphatic carbocycles. The third-order valence-electron chi connectivity index (χ3n) is 12.0. The highest BCUT2D eigenvalue weighted by Gasteiger charge is 2.34. The van der Waals surface area contributed by atoms with Crippen LogP contribution in [-0.2, 0) is 43.9 Å². The summed E-state index contributed by atoms with van der Waals surface area (Å²) in [6.07, 6.45) is -0.145. The van der Waals surface area contributed by atoms with Crippen LogP contribution in [0.4, 0.5) is 11.4 Å². The number of amides is 1. The fourth-order valence-electron chi connectivity index (χ4n) is 8.31. The number of piperazine rings is 1. The second-order valence-electron chi connectivity index (χ2n) is 16.6. The van der Waals surface area contributed by atoms with Gasteiger partial charge in [0.2, 0.25) is 15.9 Å². The number of rotatable bonds is 16. The van der Waals surface area contributed by atoms with Gasteiger partial charge in [-0.25, -0.2) is 8.42 Å². The minimum Gasteiger partial charge on any atom is -0.392 e. The number of carbonyl (C=O) groups is 1. The van der Waals surface area contributed by atoms with Gasteiger partial charge in [-0.05, 0) is 77.1 Å². The summed E-state index contributed by atoms with van der Waals surface area (Å²) in [6, 6.07) is 45.3. The van der Waals surface area contributed by atoms with Crippen LogP contribution < -0.4 is 14.9 Å². The van der Waals surface area contributed by atoms with Crippen molar-refractivity contribution in [3.8, 4) is 11.1 Å². The fraction of sp³-hybridized carbons (Fsp3) is 0.275. The Hall–Kier alpha value is -6.26. The summed E-state index contributed by atoms with van der Waals surface area (Å²) in [5, 5.41) is 23.8. The summed E-state index contributed by atoms with van der Waals surface area (Å²) >= 11 is 0. The van der Waals surface area contributed by atoms with Crippen molar-refractivity contribution >= 4 is 27.3 Å². The van der Waals surface area contributed by atoms with E-state index in [1.165, 1.54) is 12.1 Å². The van der Waals surface area contributed by atoms with E-state index in [2.05, 4.69) is 19.8 Å². The number of aryl methyl sites for hydroxylation is 1. The van der Waals surface area contributed by atoms with E-state index < -0.39 is 28.3 Å². The molecule has 2 aliphatic rings. The van der Waals surface area contributed by atoms with E-state index in [-0.39, 0.29) is 47.3 Å². The maximum absolute atomic E-state index is 13.7. The maximum Gasteiger partial charge on any atom is 0.269 e. The minimum absolute atomic E-state index is 0.0377. The topological polar surface area (TPSA) is 164 Å². The molecular formula is C51H53N5O8S. The van der Waals surface area contributed by atoms with Gasteiger partial charge in [0.05, 0.1) is 28.6 Å². The largest absolute Gasteiger partial charge is 0.392 e. The molecule has 0 saturated carbocycles. The summed E-state index contributed by atoms with van der Waals surface area (Å²) in [7, 11) is -3.98. The molecule has 8 rings (SSSR count). The number of nitro benzene ring substituents is 1. The molecular weight excluding hydrogens is 843 g/mol. The van der Waals surface area contributed by atoms with Crippen molar-refractivity contribution in [1.29, 1.82) is 0 Å². The monoisotopic (exact) mass is 895 g/mol. The number of nitrogens with zero attached hydrogens (tertiary/aromatic N) is 3. The maximum atomic E-state index is 13.7. The van der Waals surface area contributed by atoms with Gasteiger partial charge < -0.3 is 24.8 Å². The number of non-ortho nitro benzene ring substituents is 1. The molecule has 0 radical (unpaired) electrons. The van der Waals surface area contributed by atoms with Gasteiger partial charge in [0, 0.05) is 69.1 Å². The summed E-state index contributed by atoms with van der Waals surface area (Å²) in [5.41, 5.74) is 8.28. The molecule has 2 aliphatic heterocycles. The summed E-state index contributed by atoms with van der Waals surface area (Å²) in [4.78, 5) is 29.2. The van der Waals surface area contributed by atoms with E-state index in [4.69, 9.17) is 9.47 Å². The van der Waals surface area contributed by atoms with Crippen LogP contribution in [-0.4, -0.2) is 74.1 Å². The van der Waals surface area contributed by atoms with Crippen molar-refractivity contribution in [3.05, 3.63) is 195 Å². The fourth-order valence-corrected chi connectivity index (χ4v) is 9.51. The summed E-state index contributed by atoms with van der Waals surface area (Å²) in [6.45, 7) is 5.96. The van der Waals surface area contributed by atoms with Crippen LogP contribution in [0.2, 0.25) is 0 Å². The van der Waals surface area contributed by atoms with Gasteiger partial charge in [0.15, 0.2) is 6.29 Å². The zero-order valence-electron chi connectivity index (χ0n) is 36.2. The Kier molecular flexibility index (Phi) is 14.4. The number of ether oxygens (including phenoxy) is 2. The van der Waals surface area contributed by atoms with Crippen molar-refractivity contribution in [1.82, 2.24) is 14.9 Å². The Balaban J connectivity index is 0.926. The molecule has 3 N–H and O–H groups in total. The lowest BCUT2D eigenvalue weighted by Crippen LogP contribution is -2.49. The predicted molar refractivity (Wildman–Crippen MR) is 249 cm³/mol. The number of sulfonamides is 1. The van der Waals surface area contributed by atoms with E-state index in [0.717, 1.165) is 76.4 Å². The lowest BCUT2D eigenvalue weighted by molar-refractivity contribution is -0.384. The average Bonchev–Trinajstić information content (AvgIpc) is 3.34. The van der Waals surface area contributed by atoms with E-state index in [1.54, 1.807) is 24.3 Å². The quantitative estimate of drug-likeness (QED) is 0.0650. The number of nitro groups is 1. The van der Waals surface area contributed by atoms with Gasteiger partial charge in [-0.15, -0.1) is 0 Å². The van der Waals surface area contributed by atoms with Crippen LogP contribution in [0.1, 0.15) is 52.2 Å². The van der Waals surface area contributed by atoms with Crippen molar-refractivity contribution < 1.29 is 32.7 Å². The number of aliphatic hydroxyl groups excluding tert-OH is 1. The third-order valence-corrected chi connectivity index (χ3v) is 13.5. The number of nitrogens with one attached hydrogen (secondary N) is 2. The van der Waals surface area contributed by atoms with Crippen LogP contribution in [0.15, 0.2) is 157 Å². The van der Waals surface area contributed by atoms with Crippen LogP contribution in [0.25, 0.3) is 11.1 Å². The highest BCUT2D eigenvalue weighted by atomic mass is 32.2. The molecule has 336 valence electrons. The molecule has 2 fully saturated rings. The lowest BCUT2D eigenvalue weighted by atomic mass is 9.98. The molecule has 13 nitrogen and oxygen atoms in total. The first-order valence-corrected chi connectivity index (χ1v) is 23.3. The van der Waals surface area contributed by atoms with Crippen LogP contribution in [0, 0.1) is 17.0 Å². The van der Waals surface area contributed by atoms with Gasteiger partial charge in [-0.1, -0.05) is 115 Å². The van der Waals surface area contributed by atoms with E-state index in [9.17, 15) is 28.4 Å². The average molecular weight is 896 g/mol. The lowest BCUT2D eigenvalue weighted by Gasteiger charge is -2.41. The molecule has 6 aromatic rings. The molecule has 14 heteroatoms. The van der Waals surface area contributed by atoms with Crippen LogP contribution >= 0.6 is 0 Å². The van der Waals surface area contributed by atoms with E-state index >= 15 is 0 Å². The SMILES string of the molecule is Cc1ccc(S(=O)(=O)N[C@H](Cc2ccccc2)C(=O)NCc2cccc(-c3ccc([C@@H]4O[C@H](CN5CCN(c6ccc([N+](=O)[O-])cc6)CC5)C[C@H](c5ccc(CO)cc5)O4)cc3)c2)cc1. The number of carbonyl (C=O) groups excluding carboxylic acids is 1. The van der Waals surface area contributed by atoms with Crippen molar-refractivity contribution in [2.45, 2.75) is 62.4 Å². The molecule has 2 saturated heterocycles. The first-order valence-electron chi connectivity index (χ1n) is 21.8. The number of hydrogen-bond donors (Lipinski definition) is 3. The van der Waals surface area contributed by atoms with Gasteiger partial charge in [-0.3, -0.25) is 19.8 Å². The zero-order chi connectivity index (χ0) is 45.3. The molecule has 0 bridgehead atoms. The molecule has 6 aromatic carbocycles. The number of aliphatic hydroxyl groups is 1. The van der Waals surface area contributed by atoms with Gasteiger partial charge in [0.1, 0.15) is 6.04 Å². The number of hydrogen-bond acceptors (Lipinski definition) is 10. The second kappa shape index (κ2) is 20.7. The summed E-state index contributed by atoms with van der Waals surface area (Å²) < 4.78 is 42.8. The Labute approximate surface area is 379 Å². The van der Waals surface area contributed by atoms with Crippen LogP contribution in [0.5, 0.6) is 0 Å². The van der Waals surface area contributed by atoms with Gasteiger partial charge in [0.25, 0.3) is 5.69 Å². The second-order valence-corrected chi connectivity index (χ2v) is 18.3. The number of benzene rings is 6. The molecule has 4 atom stereocenters. The predicted octanol–water partition coefficient (Wildman–Crippen LogP) is 7.64. The molecule has 0 spiro atoms. The van der Waals surface area contributed by atoms with Gasteiger partial charge in [-0.2, -0.15) is 4.72 Å². The van der Waals surface area contributed by atoms with E-state index in [0.29, 0.717) is 13.0 Å². The first-order chi connectivity index (χ1) is 31.5. The highest BCUT2D eigenvalue weighted by molar-refractivity contribution is 7.89. The molecule has 0 aromatic heterocycles. The van der Waals surface area contributed by atoms with Crippen molar-refractivity contribution in [2.24, 2.45) is 0 Å². The van der Waals surface area contributed by atoms with Gasteiger partial charge >= 0.3 is 0 Å². The number of anilines is 1. The molecule has 2 heterocycles.